The molecule has 27 heavy (non-hydrogen) atoms. The quantitative estimate of drug-likeness (QED) is 0.571. The molecule has 1 aromatic carbocycles. The number of carbonyl (C=O) groups excluding carboxylic acids is 2. The van der Waals surface area contributed by atoms with Gasteiger partial charge in [0, 0.05) is 17.5 Å². The molecule has 9 nitrogen and oxygen atoms in total. The van der Waals surface area contributed by atoms with Crippen LogP contribution in [0.25, 0.3) is 11.0 Å². The number of aliphatic carboxylic acids is 1. The van der Waals surface area contributed by atoms with Gasteiger partial charge in [0.2, 0.25) is 5.91 Å². The Morgan fingerprint density at radius 1 is 1.15 bits per heavy atom. The minimum absolute atomic E-state index is 0.293. The second kappa shape index (κ2) is 8.84. The molecular weight excluding hydrogens is 356 g/mol. The minimum atomic E-state index is -1.14. The van der Waals surface area contributed by atoms with E-state index in [1.807, 2.05) is 0 Å². The molecule has 0 aliphatic heterocycles. The Hall–Kier alpha value is -3.36. The predicted octanol–water partition coefficient (Wildman–Crippen LogP) is 0.513. The number of nitrogens with one attached hydrogen (secondary N) is 2. The van der Waals surface area contributed by atoms with Gasteiger partial charge in [-0.2, -0.15) is 0 Å². The molecule has 1 atom stereocenters. The normalized spacial score (nSPS) is 11.8. The number of carboxylic acid groups (broad SMARTS) is 1. The summed E-state index contributed by atoms with van der Waals surface area (Å²) in [5.41, 5.74) is -0.169. The first-order valence-corrected chi connectivity index (χ1v) is 8.22. The van der Waals surface area contributed by atoms with Crippen LogP contribution >= 0.6 is 0 Å². The lowest BCUT2D eigenvalue weighted by atomic mass is 10.1. The van der Waals surface area contributed by atoms with Crippen LogP contribution in [0.1, 0.15) is 13.8 Å². The van der Waals surface area contributed by atoms with Crippen LogP contribution in [0.3, 0.4) is 0 Å². The third kappa shape index (κ3) is 5.84. The summed E-state index contributed by atoms with van der Waals surface area (Å²) < 4.78 is 10.3. The zero-order chi connectivity index (χ0) is 20.0. The van der Waals surface area contributed by atoms with Crippen molar-refractivity contribution < 1.29 is 28.6 Å². The first-order chi connectivity index (χ1) is 12.8. The number of amides is 2. The highest BCUT2D eigenvalue weighted by molar-refractivity contribution is 5.88. The molecule has 0 aliphatic rings. The summed E-state index contributed by atoms with van der Waals surface area (Å²) in [4.78, 5) is 45.8. The highest BCUT2D eigenvalue weighted by atomic mass is 16.5. The number of hydrogen-bond donors (Lipinski definition) is 3. The van der Waals surface area contributed by atoms with E-state index in [-0.39, 0.29) is 19.1 Å². The molecule has 0 saturated heterocycles. The fourth-order valence-corrected chi connectivity index (χ4v) is 2.25. The lowest BCUT2D eigenvalue weighted by Crippen LogP contribution is -2.48. The van der Waals surface area contributed by atoms with E-state index < -0.39 is 29.5 Å². The molecule has 0 radical (unpaired) electrons. The van der Waals surface area contributed by atoms with E-state index in [0.717, 1.165) is 0 Å². The van der Waals surface area contributed by atoms with Gasteiger partial charge in [0.05, 0.1) is 6.54 Å². The summed E-state index contributed by atoms with van der Waals surface area (Å²) in [5, 5.41) is 14.4. The molecule has 0 saturated carbocycles. The molecule has 144 valence electrons. The van der Waals surface area contributed by atoms with Crippen molar-refractivity contribution in [3.8, 4) is 5.75 Å². The smallest absolute Gasteiger partial charge is 0.336 e. The minimum Gasteiger partial charge on any atom is -0.484 e. The van der Waals surface area contributed by atoms with Crippen molar-refractivity contribution in [2.75, 3.05) is 13.2 Å². The molecular formula is C18H20N2O7. The van der Waals surface area contributed by atoms with E-state index in [4.69, 9.17) is 14.3 Å². The number of fused-ring (bicyclic) bond motifs is 1. The lowest BCUT2D eigenvalue weighted by Gasteiger charge is -2.18. The largest absolute Gasteiger partial charge is 0.484 e. The molecule has 0 bridgehead atoms. The molecule has 2 rings (SSSR count). The van der Waals surface area contributed by atoms with E-state index in [1.54, 1.807) is 32.0 Å². The van der Waals surface area contributed by atoms with Crippen molar-refractivity contribution >= 4 is 28.8 Å². The van der Waals surface area contributed by atoms with Gasteiger partial charge < -0.3 is 24.9 Å². The van der Waals surface area contributed by atoms with Gasteiger partial charge in [-0.15, -0.1) is 0 Å². The molecule has 9 heteroatoms. The molecule has 3 N–H and O–H groups in total. The number of ether oxygens (including phenoxy) is 1. The van der Waals surface area contributed by atoms with Gasteiger partial charge in [-0.05, 0) is 24.1 Å². The number of carboxylic acids is 1. The van der Waals surface area contributed by atoms with Gasteiger partial charge in [0.1, 0.15) is 17.4 Å². The number of carbonyl (C=O) groups is 3. The summed E-state index contributed by atoms with van der Waals surface area (Å²) in [6.07, 6.45) is 0. The maximum absolute atomic E-state index is 11.8. The Bertz CT molecular complexity index is 904. The number of rotatable bonds is 8. The maximum Gasteiger partial charge on any atom is 0.336 e. The highest BCUT2D eigenvalue weighted by Gasteiger charge is 2.23. The topological polar surface area (TPSA) is 135 Å². The summed E-state index contributed by atoms with van der Waals surface area (Å²) >= 11 is 0. The van der Waals surface area contributed by atoms with Gasteiger partial charge in [0.15, 0.2) is 6.61 Å². The fraction of sp³-hybridized carbons (Fsp3) is 0.333. The summed E-state index contributed by atoms with van der Waals surface area (Å²) in [6, 6.07) is 6.65. The van der Waals surface area contributed by atoms with E-state index in [9.17, 15) is 19.2 Å². The van der Waals surface area contributed by atoms with E-state index in [1.165, 1.54) is 12.1 Å². The monoisotopic (exact) mass is 376 g/mol. The third-order valence-corrected chi connectivity index (χ3v) is 3.66. The van der Waals surface area contributed by atoms with Crippen LogP contribution in [-0.4, -0.2) is 42.1 Å². The average molecular weight is 376 g/mol. The van der Waals surface area contributed by atoms with Crippen molar-refractivity contribution in [2.24, 2.45) is 5.92 Å². The zero-order valence-electron chi connectivity index (χ0n) is 14.9. The Labute approximate surface area is 154 Å². The summed E-state index contributed by atoms with van der Waals surface area (Å²) in [7, 11) is 0. The Balaban J connectivity index is 1.83. The second-order valence-electron chi connectivity index (χ2n) is 6.15. The van der Waals surface area contributed by atoms with Gasteiger partial charge in [-0.25, -0.2) is 9.59 Å². The van der Waals surface area contributed by atoms with Crippen molar-refractivity contribution in [3.63, 3.8) is 0 Å². The number of benzene rings is 1. The van der Waals surface area contributed by atoms with Gasteiger partial charge in [-0.1, -0.05) is 13.8 Å². The Kier molecular flexibility index (Phi) is 6.53. The van der Waals surface area contributed by atoms with Gasteiger partial charge >= 0.3 is 11.6 Å². The van der Waals surface area contributed by atoms with Crippen LogP contribution in [0.5, 0.6) is 5.75 Å². The van der Waals surface area contributed by atoms with Crippen LogP contribution in [0.15, 0.2) is 39.5 Å². The van der Waals surface area contributed by atoms with Crippen LogP contribution in [0.2, 0.25) is 0 Å². The lowest BCUT2D eigenvalue weighted by molar-refractivity contribution is -0.143. The molecule has 0 spiro atoms. The van der Waals surface area contributed by atoms with Crippen LogP contribution in [-0.2, 0) is 14.4 Å². The third-order valence-electron chi connectivity index (χ3n) is 3.66. The molecule has 2 aromatic rings. The molecule has 0 unspecified atom stereocenters. The van der Waals surface area contributed by atoms with E-state index in [2.05, 4.69) is 10.6 Å². The Morgan fingerprint density at radius 2 is 1.85 bits per heavy atom. The van der Waals surface area contributed by atoms with Crippen molar-refractivity contribution in [1.29, 1.82) is 0 Å². The van der Waals surface area contributed by atoms with Crippen molar-refractivity contribution in [3.05, 3.63) is 40.8 Å². The van der Waals surface area contributed by atoms with Crippen LogP contribution < -0.4 is 21.0 Å². The van der Waals surface area contributed by atoms with Crippen LogP contribution in [0.4, 0.5) is 0 Å². The molecule has 1 heterocycles. The molecule has 2 amide bonds. The van der Waals surface area contributed by atoms with Crippen LogP contribution in [0, 0.1) is 5.92 Å². The fourth-order valence-electron chi connectivity index (χ4n) is 2.25. The highest BCUT2D eigenvalue weighted by Crippen LogP contribution is 2.19. The molecule has 0 aliphatic carbocycles. The Morgan fingerprint density at radius 3 is 2.52 bits per heavy atom. The van der Waals surface area contributed by atoms with Crippen molar-refractivity contribution in [2.45, 2.75) is 19.9 Å². The first kappa shape index (κ1) is 20.0. The number of hydrogen-bond acceptors (Lipinski definition) is 6. The van der Waals surface area contributed by atoms with Crippen molar-refractivity contribution in [1.82, 2.24) is 10.6 Å². The predicted molar refractivity (Wildman–Crippen MR) is 95.4 cm³/mol. The van der Waals surface area contributed by atoms with E-state index in [0.29, 0.717) is 16.7 Å². The molecule has 0 fully saturated rings. The van der Waals surface area contributed by atoms with Gasteiger partial charge in [0.25, 0.3) is 5.91 Å². The SMILES string of the molecule is CC(C)[C@H](NC(=O)CNC(=O)COc1ccc2ccc(=O)oc2c1)C(=O)O. The first-order valence-electron chi connectivity index (χ1n) is 8.22. The van der Waals surface area contributed by atoms with Gasteiger partial charge in [-0.3, -0.25) is 9.59 Å². The summed E-state index contributed by atoms with van der Waals surface area (Å²) in [6.45, 7) is 2.60. The molecule has 1 aromatic heterocycles. The zero-order valence-corrected chi connectivity index (χ0v) is 14.9. The average Bonchev–Trinajstić information content (AvgIpc) is 2.61. The second-order valence-corrected chi connectivity index (χ2v) is 6.15. The van der Waals surface area contributed by atoms with E-state index >= 15 is 0 Å². The summed E-state index contributed by atoms with van der Waals surface area (Å²) in [5.74, 6) is -2.29. The standard InChI is InChI=1S/C18H20N2O7/c1-10(2)17(18(24)25)20-14(21)8-19-15(22)9-26-12-5-3-11-4-6-16(23)27-13(11)7-12/h3-7,10,17H,8-9H2,1-2H3,(H,19,22)(H,20,21)(H,24,25)/t17-/m0/s1. The maximum atomic E-state index is 11.8.